The van der Waals surface area contributed by atoms with Crippen molar-refractivity contribution in [2.45, 2.75) is 0 Å². The molecule has 0 spiro atoms. The highest BCUT2D eigenvalue weighted by Gasteiger charge is 2.10. The van der Waals surface area contributed by atoms with Crippen molar-refractivity contribution in [1.82, 2.24) is 0 Å². The molecule has 1 amide bonds. The van der Waals surface area contributed by atoms with Crippen LogP contribution in [0.3, 0.4) is 0 Å². The van der Waals surface area contributed by atoms with Gasteiger partial charge >= 0.3 is 6.09 Å². The zero-order chi connectivity index (χ0) is 15.4. The van der Waals surface area contributed by atoms with Crippen LogP contribution in [-0.4, -0.2) is 13.2 Å². The molecular weight excluding hydrogens is 287 g/mol. The number of carbonyl (C=O) groups excluding carboxylic acids is 1. The average molecular weight is 297 g/mol. The zero-order valence-corrected chi connectivity index (χ0v) is 10.8. The summed E-state index contributed by atoms with van der Waals surface area (Å²) >= 11 is 0. The molecule has 0 unspecified atom stereocenters. The lowest BCUT2D eigenvalue weighted by molar-refractivity contribution is 0.186. The Morgan fingerprint density at radius 1 is 1.05 bits per heavy atom. The molecule has 0 aromatic heterocycles. The fourth-order valence-corrected chi connectivity index (χ4v) is 1.51. The lowest BCUT2D eigenvalue weighted by Crippen LogP contribution is -2.12. The Balaban J connectivity index is 2.18. The molecule has 0 radical (unpaired) electrons. The van der Waals surface area contributed by atoms with Crippen LogP contribution in [-0.2, 0) is 4.74 Å². The van der Waals surface area contributed by atoms with Gasteiger partial charge in [0.05, 0.1) is 12.8 Å². The summed E-state index contributed by atoms with van der Waals surface area (Å²) in [6, 6.07) is 6.25. The van der Waals surface area contributed by atoms with E-state index in [0.717, 1.165) is 25.3 Å². The molecule has 0 aliphatic rings. The highest BCUT2D eigenvalue weighted by Crippen LogP contribution is 2.27. The first-order valence-electron chi connectivity index (χ1n) is 5.77. The summed E-state index contributed by atoms with van der Waals surface area (Å²) in [6.07, 6.45) is -0.827. The van der Waals surface area contributed by atoms with Crippen LogP contribution in [0.2, 0.25) is 0 Å². The molecule has 0 aliphatic carbocycles. The molecule has 110 valence electrons. The Labute approximate surface area is 118 Å². The summed E-state index contributed by atoms with van der Waals surface area (Å²) in [4.78, 5) is 11.0. The second-order valence-electron chi connectivity index (χ2n) is 3.94. The molecule has 0 heterocycles. The molecule has 2 aromatic rings. The molecule has 0 saturated carbocycles. The molecule has 7 heteroatoms. The number of hydrogen-bond donors (Lipinski definition) is 1. The van der Waals surface area contributed by atoms with E-state index >= 15 is 0 Å². The molecule has 0 fully saturated rings. The topological polar surface area (TPSA) is 47.6 Å². The maximum atomic E-state index is 13.7. The number of methoxy groups -OCH3 is 1. The van der Waals surface area contributed by atoms with E-state index in [2.05, 4.69) is 10.1 Å². The van der Waals surface area contributed by atoms with Gasteiger partial charge in [-0.2, -0.15) is 0 Å². The van der Waals surface area contributed by atoms with E-state index in [1.165, 1.54) is 12.1 Å². The van der Waals surface area contributed by atoms with Gasteiger partial charge in [0.1, 0.15) is 11.6 Å². The van der Waals surface area contributed by atoms with Crippen LogP contribution in [0.1, 0.15) is 0 Å². The van der Waals surface area contributed by atoms with Crippen LogP contribution in [0.4, 0.5) is 23.7 Å². The number of rotatable bonds is 3. The maximum Gasteiger partial charge on any atom is 0.411 e. The van der Waals surface area contributed by atoms with Gasteiger partial charge in [0.2, 0.25) is 0 Å². The molecule has 4 nitrogen and oxygen atoms in total. The Bertz CT molecular complexity index is 677. The molecule has 0 atom stereocenters. The average Bonchev–Trinajstić information content (AvgIpc) is 2.44. The normalized spacial score (nSPS) is 10.1. The van der Waals surface area contributed by atoms with E-state index < -0.39 is 23.5 Å². The number of carbonyl (C=O) groups is 1. The largest absolute Gasteiger partial charge is 0.454 e. The molecule has 0 bridgehead atoms. The van der Waals surface area contributed by atoms with E-state index in [4.69, 9.17) is 4.74 Å². The van der Waals surface area contributed by atoms with Gasteiger partial charge in [0.15, 0.2) is 17.4 Å². The van der Waals surface area contributed by atoms with Crippen LogP contribution < -0.4 is 10.1 Å². The monoisotopic (exact) mass is 297 g/mol. The number of hydrogen-bond acceptors (Lipinski definition) is 3. The Morgan fingerprint density at radius 2 is 1.81 bits per heavy atom. The molecule has 1 N–H and O–H groups in total. The van der Waals surface area contributed by atoms with Crippen molar-refractivity contribution < 1.29 is 27.4 Å². The van der Waals surface area contributed by atoms with E-state index in [0.29, 0.717) is 6.07 Å². The second kappa shape index (κ2) is 6.17. The van der Waals surface area contributed by atoms with E-state index in [-0.39, 0.29) is 17.2 Å². The Kier molecular flexibility index (Phi) is 4.32. The third kappa shape index (κ3) is 3.65. The van der Waals surface area contributed by atoms with Crippen molar-refractivity contribution in [3.8, 4) is 11.5 Å². The summed E-state index contributed by atoms with van der Waals surface area (Å²) in [6.45, 7) is 0. The highest BCUT2D eigenvalue weighted by molar-refractivity contribution is 5.84. The third-order valence-electron chi connectivity index (χ3n) is 2.48. The van der Waals surface area contributed by atoms with Crippen molar-refractivity contribution >= 4 is 11.8 Å². The van der Waals surface area contributed by atoms with Gasteiger partial charge in [-0.3, -0.25) is 5.32 Å². The standard InChI is InChI=1S/C14H10F3NO3/c1-20-14(19)18-12-4-3-9(7-10(12)16)21-13-5-2-8(15)6-11(13)17/h2-7H,1H3,(H,18,19). The molecule has 21 heavy (non-hydrogen) atoms. The van der Waals surface area contributed by atoms with Gasteiger partial charge in [-0.25, -0.2) is 18.0 Å². The lowest BCUT2D eigenvalue weighted by Gasteiger charge is -2.09. The van der Waals surface area contributed by atoms with Crippen molar-refractivity contribution in [2.75, 3.05) is 12.4 Å². The van der Waals surface area contributed by atoms with Crippen molar-refractivity contribution in [3.63, 3.8) is 0 Å². The second-order valence-corrected chi connectivity index (χ2v) is 3.94. The fraction of sp³-hybridized carbons (Fsp3) is 0.0714. The maximum absolute atomic E-state index is 13.7. The number of amides is 1. The van der Waals surface area contributed by atoms with E-state index in [1.807, 2.05) is 0 Å². The van der Waals surface area contributed by atoms with Crippen LogP contribution in [0.25, 0.3) is 0 Å². The summed E-state index contributed by atoms with van der Waals surface area (Å²) in [5.74, 6) is -2.70. The van der Waals surface area contributed by atoms with Gasteiger partial charge in [0.25, 0.3) is 0 Å². The summed E-state index contributed by atoms with van der Waals surface area (Å²) < 4.78 is 49.3. The van der Waals surface area contributed by atoms with Gasteiger partial charge in [-0.05, 0) is 24.3 Å². The first-order chi connectivity index (χ1) is 9.99. The predicted octanol–water partition coefficient (Wildman–Crippen LogP) is 4.07. The van der Waals surface area contributed by atoms with Crippen molar-refractivity contribution in [2.24, 2.45) is 0 Å². The molecular formula is C14H10F3NO3. The van der Waals surface area contributed by atoms with Crippen molar-refractivity contribution in [3.05, 3.63) is 53.8 Å². The van der Waals surface area contributed by atoms with Gasteiger partial charge < -0.3 is 9.47 Å². The Morgan fingerprint density at radius 3 is 2.43 bits per heavy atom. The number of ether oxygens (including phenoxy) is 2. The lowest BCUT2D eigenvalue weighted by atomic mass is 10.2. The number of anilines is 1. The van der Waals surface area contributed by atoms with E-state index in [1.54, 1.807) is 0 Å². The number of halogens is 3. The molecule has 2 aromatic carbocycles. The number of nitrogens with one attached hydrogen (secondary N) is 1. The molecule has 0 saturated heterocycles. The number of benzene rings is 2. The first kappa shape index (κ1) is 14.7. The predicted molar refractivity (Wildman–Crippen MR) is 68.9 cm³/mol. The van der Waals surface area contributed by atoms with Crippen molar-refractivity contribution in [1.29, 1.82) is 0 Å². The van der Waals surface area contributed by atoms with Gasteiger partial charge in [-0.15, -0.1) is 0 Å². The smallest absolute Gasteiger partial charge is 0.411 e. The third-order valence-corrected chi connectivity index (χ3v) is 2.48. The minimum Gasteiger partial charge on any atom is -0.454 e. The SMILES string of the molecule is COC(=O)Nc1ccc(Oc2ccc(F)cc2F)cc1F. The summed E-state index contributed by atoms with van der Waals surface area (Å²) in [7, 11) is 1.14. The molecule has 0 aliphatic heterocycles. The van der Waals surface area contributed by atoms with E-state index in [9.17, 15) is 18.0 Å². The Hall–Kier alpha value is -2.70. The van der Waals surface area contributed by atoms with Crippen LogP contribution >= 0.6 is 0 Å². The van der Waals surface area contributed by atoms with Crippen LogP contribution in [0.15, 0.2) is 36.4 Å². The minimum absolute atomic E-state index is 0.00609. The summed E-state index contributed by atoms with van der Waals surface area (Å²) in [5.41, 5.74) is -0.117. The minimum atomic E-state index is -0.910. The zero-order valence-electron chi connectivity index (χ0n) is 10.8. The van der Waals surface area contributed by atoms with Crippen LogP contribution in [0, 0.1) is 17.5 Å². The first-order valence-corrected chi connectivity index (χ1v) is 5.77. The summed E-state index contributed by atoms with van der Waals surface area (Å²) in [5, 5.41) is 2.15. The highest BCUT2D eigenvalue weighted by atomic mass is 19.1. The van der Waals surface area contributed by atoms with Gasteiger partial charge in [0, 0.05) is 12.1 Å². The van der Waals surface area contributed by atoms with Crippen LogP contribution in [0.5, 0.6) is 11.5 Å². The fourth-order valence-electron chi connectivity index (χ4n) is 1.51. The molecule has 2 rings (SSSR count). The van der Waals surface area contributed by atoms with Gasteiger partial charge in [-0.1, -0.05) is 0 Å². The quantitative estimate of drug-likeness (QED) is 0.928.